The maximum absolute atomic E-state index is 14.2. The highest BCUT2D eigenvalue weighted by Gasteiger charge is 2.43. The minimum atomic E-state index is -1.19. The first-order chi connectivity index (χ1) is 38.0. The number of hydrogen-bond acceptors (Lipinski definition) is 13. The van der Waals surface area contributed by atoms with Gasteiger partial charge in [0, 0.05) is 96.5 Å². The Kier molecular flexibility index (Phi) is 25.1. The van der Waals surface area contributed by atoms with Gasteiger partial charge in [-0.25, -0.2) is 33.9 Å². The molecule has 0 aliphatic carbocycles. The Bertz CT molecular complexity index is 2600. The number of aliphatic carboxylic acids is 1. The maximum atomic E-state index is 14.2. The van der Waals surface area contributed by atoms with Crippen LogP contribution >= 0.6 is 0 Å². The molecule has 2 aliphatic heterocycles. The Balaban J connectivity index is 0.000000289. The maximum Gasteiger partial charge on any atom is 0.411 e. The third kappa shape index (κ3) is 23.5. The molecule has 2 aromatic heterocycles. The van der Waals surface area contributed by atoms with E-state index in [4.69, 9.17) is 18.9 Å². The summed E-state index contributed by atoms with van der Waals surface area (Å²) in [6.07, 6.45) is 9.00. The molecule has 21 nitrogen and oxygen atoms in total. The second-order valence-corrected chi connectivity index (χ2v) is 24.0. The summed E-state index contributed by atoms with van der Waals surface area (Å²) in [5.74, 6) is 0.754. The normalized spacial score (nSPS) is 15.8. The number of rotatable bonds is 16. The van der Waals surface area contributed by atoms with E-state index in [0.29, 0.717) is 26.1 Å². The first-order valence-corrected chi connectivity index (χ1v) is 28.2. The van der Waals surface area contributed by atoms with Crippen LogP contribution in [0.1, 0.15) is 133 Å². The Morgan fingerprint density at radius 2 is 0.975 bits per heavy atom. The minimum Gasteiger partial charge on any atom is -0.480 e. The zero-order valence-corrected chi connectivity index (χ0v) is 50.6. The van der Waals surface area contributed by atoms with Crippen molar-refractivity contribution in [3.05, 3.63) is 108 Å². The van der Waals surface area contributed by atoms with Gasteiger partial charge in [-0.15, -0.1) is 0 Å². The summed E-state index contributed by atoms with van der Waals surface area (Å²) in [5, 5.41) is 12.8. The molecule has 2 saturated heterocycles. The number of carbonyl (C=O) groups excluding carboxylic acids is 5. The zero-order valence-electron chi connectivity index (χ0n) is 50.6. The molecule has 81 heavy (non-hydrogen) atoms. The lowest BCUT2D eigenvalue weighted by Gasteiger charge is -2.42. The molecule has 0 saturated carbocycles. The number of imidazole rings is 2. The molecular weight excluding hydrogens is 1040 g/mol. The van der Waals surface area contributed by atoms with Gasteiger partial charge < -0.3 is 53.2 Å². The molecule has 2 aromatic carbocycles. The Hall–Kier alpha value is -7.16. The molecule has 2 atom stereocenters. The highest BCUT2D eigenvalue weighted by atomic mass is 16.6. The summed E-state index contributed by atoms with van der Waals surface area (Å²) in [6, 6.07) is 18.2. The number of nitrogens with one attached hydrogen (secondary N) is 1. The van der Waals surface area contributed by atoms with E-state index in [-0.39, 0.29) is 45.2 Å². The van der Waals surface area contributed by atoms with Crippen molar-refractivity contribution in [1.82, 2.24) is 48.9 Å². The van der Waals surface area contributed by atoms with Gasteiger partial charge in [-0.05, 0) is 114 Å². The number of ether oxygens (including phenoxy) is 4. The molecule has 21 heteroatoms. The van der Waals surface area contributed by atoms with E-state index in [9.17, 15) is 33.9 Å². The molecule has 0 bridgehead atoms. The van der Waals surface area contributed by atoms with E-state index >= 15 is 0 Å². The monoisotopic (exact) mass is 1130 g/mol. The molecule has 6 rings (SSSR count). The number of nitrogens with zero attached hydrogens (tertiary/aromatic N) is 9. The SMILES string of the molecule is CC(C)(C)OC(=O)N1CCN(C(=O)OC(C)(C)C)[C@@H](C(=O)O)C1.CCc1nccn1CCCN(Cc1ccccc1)C(=O)[C@H]1CN(C(=O)OC(C)(C)C)CCN1C(=O)OC(C)(C)C.CCc1nccn1CCCNCc1ccccc1. The number of piperazine rings is 2. The third-order valence-corrected chi connectivity index (χ3v) is 12.4. The van der Waals surface area contributed by atoms with E-state index in [1.807, 2.05) is 42.7 Å². The molecule has 4 aromatic rings. The van der Waals surface area contributed by atoms with Gasteiger partial charge in [-0.2, -0.15) is 0 Å². The van der Waals surface area contributed by atoms with Crippen LogP contribution in [0.5, 0.6) is 0 Å². The smallest absolute Gasteiger partial charge is 0.411 e. The molecule has 5 amide bonds. The Morgan fingerprint density at radius 1 is 0.568 bits per heavy atom. The number of amides is 5. The predicted molar refractivity (Wildman–Crippen MR) is 309 cm³/mol. The lowest BCUT2D eigenvalue weighted by molar-refractivity contribution is -0.145. The minimum absolute atomic E-state index is 0.0276. The molecule has 2 N–H and O–H groups in total. The molecule has 2 fully saturated rings. The van der Waals surface area contributed by atoms with Crippen LogP contribution in [0.4, 0.5) is 19.2 Å². The fourth-order valence-electron chi connectivity index (χ4n) is 8.68. The van der Waals surface area contributed by atoms with Crippen molar-refractivity contribution in [2.75, 3.05) is 52.4 Å². The van der Waals surface area contributed by atoms with Crippen molar-refractivity contribution in [3.63, 3.8) is 0 Å². The fraction of sp³-hybridized carbons (Fsp3) is 0.600. The molecule has 4 heterocycles. The highest BCUT2D eigenvalue weighted by Crippen LogP contribution is 2.23. The summed E-state index contributed by atoms with van der Waals surface area (Å²) < 4.78 is 26.0. The molecule has 2 aliphatic rings. The van der Waals surface area contributed by atoms with E-state index in [1.165, 1.54) is 26.1 Å². The van der Waals surface area contributed by atoms with Crippen molar-refractivity contribution in [2.24, 2.45) is 0 Å². The predicted octanol–water partition coefficient (Wildman–Crippen LogP) is 9.27. The molecule has 0 unspecified atom stereocenters. The average Bonchev–Trinajstić information content (AvgIpc) is 4.10. The van der Waals surface area contributed by atoms with E-state index in [1.54, 1.807) is 94.2 Å². The van der Waals surface area contributed by atoms with Crippen LogP contribution in [0, 0.1) is 0 Å². The van der Waals surface area contributed by atoms with Gasteiger partial charge in [0.25, 0.3) is 0 Å². The number of aromatic nitrogens is 4. The van der Waals surface area contributed by atoms with Crippen LogP contribution in [-0.4, -0.2) is 172 Å². The van der Waals surface area contributed by atoms with Gasteiger partial charge in [-0.3, -0.25) is 14.6 Å². The Labute approximate surface area is 480 Å². The van der Waals surface area contributed by atoms with E-state index in [0.717, 1.165) is 55.2 Å². The molecule has 0 radical (unpaired) electrons. The van der Waals surface area contributed by atoms with Crippen molar-refractivity contribution in [3.8, 4) is 0 Å². The van der Waals surface area contributed by atoms with Crippen LogP contribution < -0.4 is 5.32 Å². The van der Waals surface area contributed by atoms with Crippen molar-refractivity contribution in [2.45, 2.75) is 183 Å². The molecule has 448 valence electrons. The van der Waals surface area contributed by atoms with Gasteiger partial charge in [-0.1, -0.05) is 74.5 Å². The number of carbonyl (C=O) groups is 6. The first kappa shape index (κ1) is 66.4. The summed E-state index contributed by atoms with van der Waals surface area (Å²) in [4.78, 5) is 92.0. The van der Waals surface area contributed by atoms with E-state index < -0.39 is 64.8 Å². The topological polar surface area (TPSA) is 223 Å². The van der Waals surface area contributed by atoms with Gasteiger partial charge in [0.05, 0.1) is 13.1 Å². The number of benzene rings is 2. The lowest BCUT2D eigenvalue weighted by atomic mass is 10.1. The molecular formula is C60H92N10O11. The summed E-state index contributed by atoms with van der Waals surface area (Å²) in [5.41, 5.74) is -0.465. The van der Waals surface area contributed by atoms with Gasteiger partial charge in [0.15, 0.2) is 6.04 Å². The van der Waals surface area contributed by atoms with Crippen LogP contribution in [0.3, 0.4) is 0 Å². The number of carboxylic acids is 1. The highest BCUT2D eigenvalue weighted by molar-refractivity contribution is 5.87. The summed E-state index contributed by atoms with van der Waals surface area (Å²) in [7, 11) is 0. The number of aryl methyl sites for hydroxylation is 4. The second kappa shape index (κ2) is 30.6. The van der Waals surface area contributed by atoms with Crippen LogP contribution in [0.2, 0.25) is 0 Å². The van der Waals surface area contributed by atoms with Crippen molar-refractivity contribution in [1.29, 1.82) is 0 Å². The van der Waals surface area contributed by atoms with Crippen molar-refractivity contribution >= 4 is 36.2 Å². The standard InChI is InChI=1S/C30H45N5O5.C15H21N3.C15H26N2O6/c1-8-25-31-15-18-32(25)16-12-17-33(21-23-13-10-9-11-14-23)26(36)24-22-34(27(37)39-29(2,3)4)19-20-35(24)28(38)40-30(5,6)7;1-2-15-17-10-12-18(15)11-6-9-16-13-14-7-4-3-5-8-14;1-14(2,3)22-12(20)16-7-8-17(10(9-16)11(18)19)13(21)23-15(4,5)6/h9-11,13-15,18,24H,8,12,16-17,19-22H2,1-7H3;3-5,7-8,10,12,16H,2,6,9,11,13H2,1H3;10H,7-9H2,1-6H3,(H,18,19)/t24-;;10-/m1.1/s1. The van der Waals surface area contributed by atoms with Gasteiger partial charge in [0.2, 0.25) is 5.91 Å². The average molecular weight is 1130 g/mol. The zero-order chi connectivity index (χ0) is 60.1. The molecule has 0 spiro atoms. The lowest BCUT2D eigenvalue weighted by Crippen LogP contribution is -2.62. The second-order valence-electron chi connectivity index (χ2n) is 24.0. The van der Waals surface area contributed by atoms with Gasteiger partial charge >= 0.3 is 30.3 Å². The van der Waals surface area contributed by atoms with E-state index in [2.05, 4.69) is 74.8 Å². The summed E-state index contributed by atoms with van der Waals surface area (Å²) in [6.45, 7) is 30.5. The van der Waals surface area contributed by atoms with Gasteiger partial charge in [0.1, 0.15) is 40.1 Å². The third-order valence-electron chi connectivity index (χ3n) is 12.4. The van der Waals surface area contributed by atoms with Crippen molar-refractivity contribution < 1.29 is 52.8 Å². The number of hydrogen-bond donors (Lipinski definition) is 2. The fourth-order valence-corrected chi connectivity index (χ4v) is 8.68. The Morgan fingerprint density at radius 3 is 1.41 bits per heavy atom. The van der Waals surface area contributed by atoms with Crippen LogP contribution in [0.15, 0.2) is 85.5 Å². The first-order valence-electron chi connectivity index (χ1n) is 28.2. The summed E-state index contributed by atoms with van der Waals surface area (Å²) >= 11 is 0. The van der Waals surface area contributed by atoms with Crippen LogP contribution in [0.25, 0.3) is 0 Å². The quantitative estimate of drug-likeness (QED) is 0.0788. The van der Waals surface area contributed by atoms with Crippen LogP contribution in [-0.2, 0) is 67.6 Å². The largest absolute Gasteiger partial charge is 0.480 e. The number of carboxylic acid groups (broad SMARTS) is 1.